The van der Waals surface area contributed by atoms with Gasteiger partial charge in [0.05, 0.1) is 11.7 Å². The lowest BCUT2D eigenvalue weighted by Gasteiger charge is -2.38. The zero-order valence-corrected chi connectivity index (χ0v) is 13.3. The van der Waals surface area contributed by atoms with Crippen molar-refractivity contribution in [1.29, 1.82) is 0 Å². The fourth-order valence-electron chi connectivity index (χ4n) is 3.70. The van der Waals surface area contributed by atoms with E-state index < -0.39 is 0 Å². The van der Waals surface area contributed by atoms with E-state index in [1.807, 2.05) is 24.3 Å². The number of halogens is 2. The Morgan fingerprint density at radius 2 is 1.77 bits per heavy atom. The summed E-state index contributed by atoms with van der Waals surface area (Å²) >= 11 is 12.8. The van der Waals surface area contributed by atoms with Gasteiger partial charge in [-0.1, -0.05) is 53.6 Å². The first-order valence-electron chi connectivity index (χ1n) is 7.36. The van der Waals surface area contributed by atoms with Gasteiger partial charge in [0, 0.05) is 21.5 Å². The Bertz CT molecular complexity index is 751. The van der Waals surface area contributed by atoms with Crippen molar-refractivity contribution in [2.75, 3.05) is 5.32 Å². The Balaban J connectivity index is 1.88. The molecule has 1 aliphatic heterocycles. The van der Waals surface area contributed by atoms with E-state index in [-0.39, 0.29) is 17.7 Å². The van der Waals surface area contributed by atoms with Crippen molar-refractivity contribution in [2.45, 2.75) is 18.4 Å². The first-order chi connectivity index (χ1) is 10.7. The Kier molecular flexibility index (Phi) is 3.32. The third-order valence-electron chi connectivity index (χ3n) is 4.69. The summed E-state index contributed by atoms with van der Waals surface area (Å²) in [5, 5.41) is 15.0. The molecule has 4 rings (SSSR count). The SMILES string of the molecule is Oc1cccc2c1NC(c1c(Cl)cccc1Cl)C1CC=CC21. The molecule has 0 saturated carbocycles. The van der Waals surface area contributed by atoms with E-state index in [4.69, 9.17) is 23.2 Å². The Morgan fingerprint density at radius 1 is 1.05 bits per heavy atom. The zero-order valence-electron chi connectivity index (χ0n) is 11.8. The van der Waals surface area contributed by atoms with E-state index >= 15 is 0 Å². The van der Waals surface area contributed by atoms with Crippen LogP contribution in [0.4, 0.5) is 5.69 Å². The van der Waals surface area contributed by atoms with E-state index in [9.17, 15) is 5.11 Å². The molecule has 2 nitrogen and oxygen atoms in total. The van der Waals surface area contributed by atoms with Crippen LogP contribution in [0.15, 0.2) is 48.6 Å². The average molecular weight is 332 g/mol. The van der Waals surface area contributed by atoms with Crippen molar-refractivity contribution in [1.82, 2.24) is 0 Å². The number of aromatic hydroxyl groups is 1. The van der Waals surface area contributed by atoms with Crippen LogP contribution in [0.5, 0.6) is 5.75 Å². The first kappa shape index (κ1) is 14.0. The molecular weight excluding hydrogens is 317 g/mol. The van der Waals surface area contributed by atoms with Crippen LogP contribution in [-0.4, -0.2) is 5.11 Å². The number of hydrogen-bond acceptors (Lipinski definition) is 2. The van der Waals surface area contributed by atoms with Crippen molar-refractivity contribution < 1.29 is 5.11 Å². The summed E-state index contributed by atoms with van der Waals surface area (Å²) in [6, 6.07) is 11.2. The molecule has 2 aromatic rings. The molecule has 3 unspecified atom stereocenters. The van der Waals surface area contributed by atoms with Gasteiger partial charge >= 0.3 is 0 Å². The van der Waals surface area contributed by atoms with Crippen LogP contribution in [-0.2, 0) is 0 Å². The van der Waals surface area contributed by atoms with E-state index in [1.54, 1.807) is 6.07 Å². The molecule has 112 valence electrons. The summed E-state index contributed by atoms with van der Waals surface area (Å²) < 4.78 is 0. The fraction of sp³-hybridized carbons (Fsp3) is 0.222. The second-order valence-corrected chi connectivity index (χ2v) is 6.67. The molecule has 2 aliphatic rings. The maximum Gasteiger partial charge on any atom is 0.138 e. The van der Waals surface area contributed by atoms with Gasteiger partial charge in [0.2, 0.25) is 0 Å². The van der Waals surface area contributed by atoms with Crippen molar-refractivity contribution in [3.63, 3.8) is 0 Å². The molecule has 2 N–H and O–H groups in total. The monoisotopic (exact) mass is 331 g/mol. The molecule has 1 heterocycles. The molecule has 0 spiro atoms. The van der Waals surface area contributed by atoms with Crippen LogP contribution >= 0.6 is 23.2 Å². The van der Waals surface area contributed by atoms with Crippen molar-refractivity contribution >= 4 is 28.9 Å². The summed E-state index contributed by atoms with van der Waals surface area (Å²) in [5.41, 5.74) is 2.84. The van der Waals surface area contributed by atoms with Crippen molar-refractivity contribution in [2.24, 2.45) is 5.92 Å². The number of benzene rings is 2. The smallest absolute Gasteiger partial charge is 0.138 e. The highest BCUT2D eigenvalue weighted by molar-refractivity contribution is 6.36. The molecule has 0 aromatic heterocycles. The molecule has 0 fully saturated rings. The minimum absolute atomic E-state index is 0.0120. The van der Waals surface area contributed by atoms with E-state index in [0.717, 1.165) is 23.2 Å². The summed E-state index contributed by atoms with van der Waals surface area (Å²) in [7, 11) is 0. The highest BCUT2D eigenvalue weighted by atomic mass is 35.5. The zero-order chi connectivity index (χ0) is 15.3. The Hall–Kier alpha value is -1.64. The number of para-hydroxylation sites is 1. The standard InChI is InChI=1S/C18H15Cl2NO/c19-13-7-3-8-14(20)16(13)18-12-5-1-4-10(12)11-6-2-9-15(22)17(11)21-18/h1-4,6-10,12,18,21-22H,5H2. The largest absolute Gasteiger partial charge is 0.506 e. The quantitative estimate of drug-likeness (QED) is 0.532. The van der Waals surface area contributed by atoms with Crippen molar-refractivity contribution in [3.8, 4) is 5.75 Å². The number of hydrogen-bond donors (Lipinski definition) is 2. The van der Waals surface area contributed by atoms with Crippen LogP contribution in [0.3, 0.4) is 0 Å². The van der Waals surface area contributed by atoms with Gasteiger partial charge in [0.15, 0.2) is 0 Å². The van der Waals surface area contributed by atoms with Gasteiger partial charge in [-0.25, -0.2) is 0 Å². The molecule has 0 bridgehead atoms. The van der Waals surface area contributed by atoms with E-state index in [1.165, 1.54) is 0 Å². The number of rotatable bonds is 1. The molecule has 2 aromatic carbocycles. The van der Waals surface area contributed by atoms with Gasteiger partial charge in [-0.05, 0) is 36.1 Å². The lowest BCUT2D eigenvalue weighted by atomic mass is 9.77. The number of anilines is 1. The highest BCUT2D eigenvalue weighted by Gasteiger charge is 2.40. The van der Waals surface area contributed by atoms with Crippen LogP contribution in [0.25, 0.3) is 0 Å². The fourth-order valence-corrected chi connectivity index (χ4v) is 4.33. The maximum atomic E-state index is 10.2. The van der Waals surface area contributed by atoms with Crippen LogP contribution < -0.4 is 5.32 Å². The van der Waals surface area contributed by atoms with Gasteiger partial charge in [0.1, 0.15) is 5.75 Å². The minimum atomic E-state index is -0.0120. The molecule has 0 amide bonds. The molecule has 3 atom stereocenters. The predicted molar refractivity (Wildman–Crippen MR) is 90.9 cm³/mol. The highest BCUT2D eigenvalue weighted by Crippen LogP contribution is 2.53. The van der Waals surface area contributed by atoms with Gasteiger partial charge in [-0.3, -0.25) is 0 Å². The predicted octanol–water partition coefficient (Wildman–Crippen LogP) is 5.53. The molecule has 1 aliphatic carbocycles. The minimum Gasteiger partial charge on any atom is -0.506 e. The summed E-state index contributed by atoms with van der Waals surface area (Å²) in [6.07, 6.45) is 5.40. The van der Waals surface area contributed by atoms with Crippen molar-refractivity contribution in [3.05, 3.63) is 69.7 Å². The number of nitrogens with one attached hydrogen (secondary N) is 1. The number of phenolic OH excluding ortho intramolecular Hbond substituents is 1. The number of fused-ring (bicyclic) bond motifs is 3. The molecule has 0 saturated heterocycles. The molecule has 22 heavy (non-hydrogen) atoms. The summed E-state index contributed by atoms with van der Waals surface area (Å²) in [5.74, 6) is 0.900. The lowest BCUT2D eigenvalue weighted by molar-refractivity contribution is 0.415. The second-order valence-electron chi connectivity index (χ2n) is 5.85. The molecule has 0 radical (unpaired) electrons. The van der Waals surface area contributed by atoms with Crippen LogP contribution in [0.2, 0.25) is 10.0 Å². The summed E-state index contributed by atoms with van der Waals surface area (Å²) in [4.78, 5) is 0. The van der Waals surface area contributed by atoms with E-state index in [2.05, 4.69) is 23.5 Å². The summed E-state index contributed by atoms with van der Waals surface area (Å²) in [6.45, 7) is 0. The third-order valence-corrected chi connectivity index (χ3v) is 5.34. The normalized spacial score (nSPS) is 25.5. The van der Waals surface area contributed by atoms with Crippen LogP contribution in [0, 0.1) is 5.92 Å². The molecule has 4 heteroatoms. The molecular formula is C18H15Cl2NO. The maximum absolute atomic E-state index is 10.2. The average Bonchev–Trinajstić information content (AvgIpc) is 2.98. The Morgan fingerprint density at radius 3 is 2.55 bits per heavy atom. The van der Waals surface area contributed by atoms with Gasteiger partial charge in [-0.2, -0.15) is 0 Å². The third kappa shape index (κ3) is 2.02. The number of phenols is 1. The first-order valence-corrected chi connectivity index (χ1v) is 8.11. The van der Waals surface area contributed by atoms with E-state index in [0.29, 0.717) is 16.0 Å². The Labute approximate surface area is 139 Å². The lowest BCUT2D eigenvalue weighted by Crippen LogP contribution is -2.29. The van der Waals surface area contributed by atoms with Crippen LogP contribution in [0.1, 0.15) is 29.5 Å². The topological polar surface area (TPSA) is 32.3 Å². The van der Waals surface area contributed by atoms with Gasteiger partial charge in [0.25, 0.3) is 0 Å². The number of allylic oxidation sites excluding steroid dienone is 2. The second kappa shape index (κ2) is 5.22. The van der Waals surface area contributed by atoms with Gasteiger partial charge in [-0.15, -0.1) is 0 Å². The van der Waals surface area contributed by atoms with Gasteiger partial charge < -0.3 is 10.4 Å².